The van der Waals surface area contributed by atoms with Crippen molar-refractivity contribution in [3.05, 3.63) is 23.3 Å². The van der Waals surface area contributed by atoms with Gasteiger partial charge in [-0.3, -0.25) is 0 Å². The monoisotopic (exact) mass is 222 g/mol. The number of hydrogen-bond donors (Lipinski definition) is 1. The summed E-state index contributed by atoms with van der Waals surface area (Å²) in [7, 11) is 0. The first-order valence-corrected chi connectivity index (χ1v) is 5.34. The Labute approximate surface area is 93.5 Å². The van der Waals surface area contributed by atoms with Crippen LogP contribution in [0.25, 0.3) is 0 Å². The highest BCUT2D eigenvalue weighted by molar-refractivity contribution is 5.86. The third-order valence-corrected chi connectivity index (χ3v) is 2.66. The van der Waals surface area contributed by atoms with Crippen LogP contribution in [0.3, 0.4) is 0 Å². The second kappa shape index (κ2) is 4.57. The molecule has 1 aliphatic rings. The number of rotatable bonds is 3. The molecule has 1 N–H and O–H groups in total. The number of carboxylic acid groups (broad SMARTS) is 1. The molecule has 0 radical (unpaired) electrons. The SMILES string of the molecule is Cc1cnc(CC2CCCO2)nc1C(=O)O. The van der Waals surface area contributed by atoms with Crippen molar-refractivity contribution in [3.8, 4) is 0 Å². The minimum atomic E-state index is -1.01. The first-order chi connectivity index (χ1) is 7.66. The highest BCUT2D eigenvalue weighted by atomic mass is 16.5. The van der Waals surface area contributed by atoms with Crippen molar-refractivity contribution in [2.45, 2.75) is 32.3 Å². The van der Waals surface area contributed by atoms with Gasteiger partial charge in [-0.2, -0.15) is 0 Å². The summed E-state index contributed by atoms with van der Waals surface area (Å²) in [6, 6.07) is 0. The number of aryl methyl sites for hydroxylation is 1. The van der Waals surface area contributed by atoms with E-state index >= 15 is 0 Å². The largest absolute Gasteiger partial charge is 0.477 e. The van der Waals surface area contributed by atoms with Crippen LogP contribution in [0.2, 0.25) is 0 Å². The fraction of sp³-hybridized carbons (Fsp3) is 0.545. The Morgan fingerprint density at radius 2 is 2.50 bits per heavy atom. The summed E-state index contributed by atoms with van der Waals surface area (Å²) in [4.78, 5) is 19.1. The molecule has 0 saturated carbocycles. The maximum Gasteiger partial charge on any atom is 0.354 e. The Balaban J connectivity index is 2.15. The van der Waals surface area contributed by atoms with Crippen LogP contribution in [0.15, 0.2) is 6.20 Å². The fourth-order valence-electron chi connectivity index (χ4n) is 1.80. The van der Waals surface area contributed by atoms with Crippen LogP contribution in [0.1, 0.15) is 34.7 Å². The molecule has 1 aromatic heterocycles. The Kier molecular flexibility index (Phi) is 3.14. The lowest BCUT2D eigenvalue weighted by Crippen LogP contribution is -2.14. The topological polar surface area (TPSA) is 72.3 Å². The maximum absolute atomic E-state index is 10.9. The normalized spacial score (nSPS) is 19.9. The van der Waals surface area contributed by atoms with Crippen molar-refractivity contribution < 1.29 is 14.6 Å². The van der Waals surface area contributed by atoms with E-state index in [0.717, 1.165) is 19.4 Å². The molecule has 1 atom stereocenters. The van der Waals surface area contributed by atoms with Gasteiger partial charge in [-0.1, -0.05) is 0 Å². The average Bonchev–Trinajstić information content (AvgIpc) is 2.73. The predicted octanol–water partition coefficient (Wildman–Crippen LogP) is 1.20. The first-order valence-electron chi connectivity index (χ1n) is 5.34. The highest BCUT2D eigenvalue weighted by Gasteiger charge is 2.18. The average molecular weight is 222 g/mol. The van der Waals surface area contributed by atoms with Gasteiger partial charge in [-0.05, 0) is 19.8 Å². The van der Waals surface area contributed by atoms with Gasteiger partial charge >= 0.3 is 5.97 Å². The van der Waals surface area contributed by atoms with E-state index in [1.807, 2.05) is 0 Å². The van der Waals surface area contributed by atoms with Gasteiger partial charge in [0.25, 0.3) is 0 Å². The maximum atomic E-state index is 10.9. The van der Waals surface area contributed by atoms with E-state index in [4.69, 9.17) is 9.84 Å². The minimum absolute atomic E-state index is 0.0861. The molecule has 86 valence electrons. The summed E-state index contributed by atoms with van der Waals surface area (Å²) < 4.78 is 5.46. The molecule has 0 aromatic carbocycles. The predicted molar refractivity (Wildman–Crippen MR) is 56.4 cm³/mol. The standard InChI is InChI=1S/C11H14N2O3/c1-7-6-12-9(13-10(7)11(14)15)5-8-3-2-4-16-8/h6,8H,2-5H2,1H3,(H,14,15). The molecule has 1 aliphatic heterocycles. The summed E-state index contributed by atoms with van der Waals surface area (Å²) in [5, 5.41) is 8.93. The third-order valence-electron chi connectivity index (χ3n) is 2.66. The summed E-state index contributed by atoms with van der Waals surface area (Å²) in [6.45, 7) is 2.47. The zero-order chi connectivity index (χ0) is 11.5. The molecule has 1 saturated heterocycles. The molecule has 0 spiro atoms. The lowest BCUT2D eigenvalue weighted by Gasteiger charge is -2.08. The minimum Gasteiger partial charge on any atom is -0.477 e. The van der Waals surface area contributed by atoms with Gasteiger partial charge in [0.05, 0.1) is 6.10 Å². The number of aromatic carboxylic acids is 1. The molecular formula is C11H14N2O3. The molecular weight excluding hydrogens is 208 g/mol. The first kappa shape index (κ1) is 11.0. The number of carbonyl (C=O) groups is 1. The van der Waals surface area contributed by atoms with Crippen LogP contribution < -0.4 is 0 Å². The van der Waals surface area contributed by atoms with Gasteiger partial charge in [0.1, 0.15) is 5.82 Å². The number of carboxylic acids is 1. The van der Waals surface area contributed by atoms with Gasteiger partial charge in [0.15, 0.2) is 5.69 Å². The Hall–Kier alpha value is -1.49. The molecule has 2 rings (SSSR count). The molecule has 0 amide bonds. The molecule has 16 heavy (non-hydrogen) atoms. The molecule has 1 fully saturated rings. The Bertz CT molecular complexity index is 400. The van der Waals surface area contributed by atoms with Crippen LogP contribution in [0, 0.1) is 6.92 Å². The second-order valence-corrected chi connectivity index (χ2v) is 3.96. The van der Waals surface area contributed by atoms with Crippen LogP contribution in [-0.2, 0) is 11.2 Å². The number of ether oxygens (including phenoxy) is 1. The van der Waals surface area contributed by atoms with E-state index in [2.05, 4.69) is 9.97 Å². The van der Waals surface area contributed by atoms with Gasteiger partial charge in [0.2, 0.25) is 0 Å². The van der Waals surface area contributed by atoms with Gasteiger partial charge in [-0.25, -0.2) is 14.8 Å². The van der Waals surface area contributed by atoms with E-state index < -0.39 is 5.97 Å². The van der Waals surface area contributed by atoms with E-state index in [-0.39, 0.29) is 11.8 Å². The summed E-state index contributed by atoms with van der Waals surface area (Å²) in [6.07, 6.45) is 4.35. The molecule has 1 unspecified atom stereocenters. The molecule has 0 bridgehead atoms. The smallest absolute Gasteiger partial charge is 0.354 e. The van der Waals surface area contributed by atoms with Crippen LogP contribution >= 0.6 is 0 Å². The lowest BCUT2D eigenvalue weighted by atomic mass is 10.1. The van der Waals surface area contributed by atoms with Crippen molar-refractivity contribution in [2.24, 2.45) is 0 Å². The molecule has 1 aromatic rings. The number of aromatic nitrogens is 2. The zero-order valence-electron chi connectivity index (χ0n) is 9.14. The van der Waals surface area contributed by atoms with E-state index in [1.165, 1.54) is 0 Å². The Morgan fingerprint density at radius 3 is 3.12 bits per heavy atom. The summed E-state index contributed by atoms with van der Waals surface area (Å²) in [5.74, 6) is -0.455. The van der Waals surface area contributed by atoms with Crippen LogP contribution in [-0.4, -0.2) is 33.8 Å². The second-order valence-electron chi connectivity index (χ2n) is 3.96. The quantitative estimate of drug-likeness (QED) is 0.832. The lowest BCUT2D eigenvalue weighted by molar-refractivity contribution is 0.0687. The molecule has 0 aliphatic carbocycles. The summed E-state index contributed by atoms with van der Waals surface area (Å²) >= 11 is 0. The van der Waals surface area contributed by atoms with Crippen LogP contribution in [0.4, 0.5) is 0 Å². The highest BCUT2D eigenvalue weighted by Crippen LogP contribution is 2.15. The Morgan fingerprint density at radius 1 is 1.69 bits per heavy atom. The number of hydrogen-bond acceptors (Lipinski definition) is 4. The van der Waals surface area contributed by atoms with E-state index in [1.54, 1.807) is 13.1 Å². The van der Waals surface area contributed by atoms with Crippen LogP contribution in [0.5, 0.6) is 0 Å². The van der Waals surface area contributed by atoms with Crippen molar-refractivity contribution >= 4 is 5.97 Å². The fourth-order valence-corrected chi connectivity index (χ4v) is 1.80. The van der Waals surface area contributed by atoms with Crippen molar-refractivity contribution in [1.82, 2.24) is 9.97 Å². The van der Waals surface area contributed by atoms with Gasteiger partial charge in [-0.15, -0.1) is 0 Å². The van der Waals surface area contributed by atoms with Gasteiger partial charge in [0, 0.05) is 24.8 Å². The van der Waals surface area contributed by atoms with E-state index in [0.29, 0.717) is 17.8 Å². The van der Waals surface area contributed by atoms with Crippen molar-refractivity contribution in [3.63, 3.8) is 0 Å². The molecule has 2 heterocycles. The molecule has 5 heteroatoms. The molecule has 5 nitrogen and oxygen atoms in total. The third kappa shape index (κ3) is 2.36. The van der Waals surface area contributed by atoms with E-state index in [9.17, 15) is 4.79 Å². The van der Waals surface area contributed by atoms with Crippen molar-refractivity contribution in [2.75, 3.05) is 6.61 Å². The van der Waals surface area contributed by atoms with Gasteiger partial charge < -0.3 is 9.84 Å². The number of nitrogens with zero attached hydrogens (tertiary/aromatic N) is 2. The zero-order valence-corrected chi connectivity index (χ0v) is 9.14. The summed E-state index contributed by atoms with van der Waals surface area (Å²) in [5.41, 5.74) is 0.673. The van der Waals surface area contributed by atoms with Crippen molar-refractivity contribution in [1.29, 1.82) is 0 Å².